The average Bonchev–Trinajstić information content (AvgIpc) is 3.11. The summed E-state index contributed by atoms with van der Waals surface area (Å²) >= 11 is 0. The van der Waals surface area contributed by atoms with E-state index in [4.69, 9.17) is 9.73 Å². The Morgan fingerprint density at radius 3 is 3.00 bits per heavy atom. The van der Waals surface area contributed by atoms with Gasteiger partial charge in [-0.2, -0.15) is 5.10 Å². The number of aliphatic imine (C=N–C) groups is 1. The van der Waals surface area contributed by atoms with E-state index in [-0.39, 0.29) is 11.6 Å². The SMILES string of the molecule is CCNC(=NCCCCn1c(C)cccc1=O)NC1CCc2nc(COC)nn2C1. The molecule has 2 aromatic heterocycles. The van der Waals surface area contributed by atoms with Gasteiger partial charge < -0.3 is 19.9 Å². The predicted molar refractivity (Wildman–Crippen MR) is 117 cm³/mol. The minimum atomic E-state index is 0.0620. The Labute approximate surface area is 177 Å². The smallest absolute Gasteiger partial charge is 0.250 e. The number of methoxy groups -OCH3 is 1. The van der Waals surface area contributed by atoms with Crippen molar-refractivity contribution in [2.75, 3.05) is 20.2 Å². The summed E-state index contributed by atoms with van der Waals surface area (Å²) in [6.07, 6.45) is 3.72. The average molecular weight is 416 g/mol. The summed E-state index contributed by atoms with van der Waals surface area (Å²) in [5.41, 5.74) is 1.06. The molecular formula is C21H33N7O2. The van der Waals surface area contributed by atoms with Crippen LogP contribution in [0.3, 0.4) is 0 Å². The summed E-state index contributed by atoms with van der Waals surface area (Å²) < 4.78 is 8.93. The standard InChI is InChI=1S/C21H33N7O2/c1-4-22-21(23-12-5-6-13-27-16(2)8-7-9-20(27)29)24-17-10-11-19-25-18(15-30-3)26-28(19)14-17/h7-9,17H,4-6,10-15H2,1-3H3,(H2,22,23,24). The predicted octanol–water partition coefficient (Wildman–Crippen LogP) is 1.24. The lowest BCUT2D eigenvalue weighted by Gasteiger charge is -2.25. The number of unbranched alkanes of at least 4 members (excludes halogenated alkanes) is 1. The summed E-state index contributed by atoms with van der Waals surface area (Å²) in [6.45, 7) is 7.50. The minimum Gasteiger partial charge on any atom is -0.377 e. The molecule has 1 unspecified atom stereocenters. The number of guanidine groups is 1. The van der Waals surface area contributed by atoms with Gasteiger partial charge in [-0.3, -0.25) is 9.79 Å². The molecule has 1 aliphatic rings. The van der Waals surface area contributed by atoms with Crippen molar-refractivity contribution in [2.24, 2.45) is 4.99 Å². The van der Waals surface area contributed by atoms with Gasteiger partial charge in [-0.1, -0.05) is 6.07 Å². The van der Waals surface area contributed by atoms with Gasteiger partial charge in [-0.25, -0.2) is 9.67 Å². The molecule has 0 saturated carbocycles. The largest absolute Gasteiger partial charge is 0.377 e. The normalized spacial score (nSPS) is 16.4. The van der Waals surface area contributed by atoms with Crippen LogP contribution in [0.15, 0.2) is 28.0 Å². The molecule has 1 atom stereocenters. The highest BCUT2D eigenvalue weighted by Crippen LogP contribution is 2.13. The Balaban J connectivity index is 1.49. The third-order valence-electron chi connectivity index (χ3n) is 5.19. The quantitative estimate of drug-likeness (QED) is 0.363. The summed E-state index contributed by atoms with van der Waals surface area (Å²) in [5, 5.41) is 11.4. The maximum Gasteiger partial charge on any atom is 0.250 e. The lowest BCUT2D eigenvalue weighted by atomic mass is 10.1. The van der Waals surface area contributed by atoms with Crippen LogP contribution in [0.4, 0.5) is 0 Å². The Hall–Kier alpha value is -2.68. The van der Waals surface area contributed by atoms with Crippen LogP contribution in [0.1, 0.15) is 43.5 Å². The molecule has 3 rings (SSSR count). The van der Waals surface area contributed by atoms with Crippen molar-refractivity contribution in [1.29, 1.82) is 0 Å². The van der Waals surface area contributed by atoms with E-state index < -0.39 is 0 Å². The molecule has 0 spiro atoms. The zero-order valence-corrected chi connectivity index (χ0v) is 18.2. The second-order valence-electron chi connectivity index (χ2n) is 7.56. The number of hydrogen-bond acceptors (Lipinski definition) is 5. The first kappa shape index (κ1) is 22.0. The Bertz CT molecular complexity index is 903. The number of nitrogens with one attached hydrogen (secondary N) is 2. The fourth-order valence-electron chi connectivity index (χ4n) is 3.66. The number of pyridine rings is 1. The molecule has 2 N–H and O–H groups in total. The van der Waals surface area contributed by atoms with E-state index >= 15 is 0 Å². The van der Waals surface area contributed by atoms with Crippen LogP contribution in [-0.4, -0.2) is 51.5 Å². The van der Waals surface area contributed by atoms with Crippen LogP contribution < -0.4 is 16.2 Å². The first-order valence-corrected chi connectivity index (χ1v) is 10.7. The van der Waals surface area contributed by atoms with Crippen molar-refractivity contribution < 1.29 is 4.74 Å². The summed E-state index contributed by atoms with van der Waals surface area (Å²) in [5.74, 6) is 2.59. The molecule has 0 bridgehead atoms. The highest BCUT2D eigenvalue weighted by molar-refractivity contribution is 5.80. The maximum atomic E-state index is 11.9. The molecule has 0 radical (unpaired) electrons. The summed E-state index contributed by atoms with van der Waals surface area (Å²) in [6, 6.07) is 5.65. The molecule has 164 valence electrons. The number of nitrogens with zero attached hydrogens (tertiary/aromatic N) is 5. The topological polar surface area (TPSA) is 98.4 Å². The minimum absolute atomic E-state index is 0.0620. The summed E-state index contributed by atoms with van der Waals surface area (Å²) in [4.78, 5) is 21.2. The van der Waals surface area contributed by atoms with E-state index in [1.54, 1.807) is 19.2 Å². The molecule has 1 aliphatic heterocycles. The van der Waals surface area contributed by atoms with Crippen LogP contribution in [-0.2, 0) is 30.9 Å². The van der Waals surface area contributed by atoms with Crippen molar-refractivity contribution in [2.45, 2.75) is 65.3 Å². The lowest BCUT2D eigenvalue weighted by molar-refractivity contribution is 0.177. The van der Waals surface area contributed by atoms with Crippen LogP contribution in [0.25, 0.3) is 0 Å². The number of hydrogen-bond donors (Lipinski definition) is 2. The van der Waals surface area contributed by atoms with E-state index in [1.165, 1.54) is 0 Å². The molecular weight excluding hydrogens is 382 g/mol. The van der Waals surface area contributed by atoms with Crippen molar-refractivity contribution in [3.05, 3.63) is 45.9 Å². The molecule has 0 saturated heterocycles. The van der Waals surface area contributed by atoms with Gasteiger partial charge >= 0.3 is 0 Å². The molecule has 0 aromatic carbocycles. The zero-order chi connectivity index (χ0) is 21.3. The number of rotatable bonds is 9. The molecule has 2 aromatic rings. The van der Waals surface area contributed by atoms with Crippen LogP contribution in [0, 0.1) is 6.92 Å². The van der Waals surface area contributed by atoms with E-state index in [0.29, 0.717) is 6.61 Å². The van der Waals surface area contributed by atoms with E-state index in [0.717, 1.165) is 75.2 Å². The molecule has 30 heavy (non-hydrogen) atoms. The van der Waals surface area contributed by atoms with Crippen LogP contribution in [0.5, 0.6) is 0 Å². The first-order valence-electron chi connectivity index (χ1n) is 10.7. The highest BCUT2D eigenvalue weighted by Gasteiger charge is 2.22. The summed E-state index contributed by atoms with van der Waals surface area (Å²) in [7, 11) is 1.66. The molecule has 9 nitrogen and oxygen atoms in total. The fraction of sp³-hybridized carbons (Fsp3) is 0.619. The molecule has 9 heteroatoms. The molecule has 0 amide bonds. The van der Waals surface area contributed by atoms with Crippen molar-refractivity contribution >= 4 is 5.96 Å². The van der Waals surface area contributed by atoms with Gasteiger partial charge in [-0.15, -0.1) is 0 Å². The van der Waals surface area contributed by atoms with Gasteiger partial charge in [-0.05, 0) is 39.2 Å². The molecule has 0 aliphatic carbocycles. The third-order valence-corrected chi connectivity index (χ3v) is 5.19. The van der Waals surface area contributed by atoms with Gasteiger partial charge in [0.1, 0.15) is 12.4 Å². The Morgan fingerprint density at radius 1 is 1.37 bits per heavy atom. The Morgan fingerprint density at radius 2 is 2.23 bits per heavy atom. The maximum absolute atomic E-state index is 11.9. The Kier molecular flexibility index (Phi) is 8.01. The lowest BCUT2D eigenvalue weighted by Crippen LogP contribution is -2.47. The third kappa shape index (κ3) is 5.91. The van der Waals surface area contributed by atoms with Gasteiger partial charge in [0.15, 0.2) is 11.8 Å². The first-order chi connectivity index (χ1) is 14.6. The van der Waals surface area contributed by atoms with Crippen LogP contribution in [0.2, 0.25) is 0 Å². The van der Waals surface area contributed by atoms with Crippen molar-refractivity contribution in [1.82, 2.24) is 30.0 Å². The zero-order valence-electron chi connectivity index (χ0n) is 18.2. The number of aryl methyl sites for hydroxylation is 2. The van der Waals surface area contributed by atoms with Crippen molar-refractivity contribution in [3.8, 4) is 0 Å². The van der Waals surface area contributed by atoms with Gasteiger partial charge in [0.05, 0.1) is 6.54 Å². The fourth-order valence-corrected chi connectivity index (χ4v) is 3.66. The number of aromatic nitrogens is 4. The highest BCUT2D eigenvalue weighted by atomic mass is 16.5. The van der Waals surface area contributed by atoms with Crippen molar-refractivity contribution in [3.63, 3.8) is 0 Å². The van der Waals surface area contributed by atoms with E-state index in [9.17, 15) is 4.79 Å². The molecule has 3 heterocycles. The van der Waals surface area contributed by atoms with E-state index in [2.05, 4.69) is 27.6 Å². The second kappa shape index (κ2) is 10.9. The number of fused-ring (bicyclic) bond motifs is 1. The monoisotopic (exact) mass is 415 g/mol. The van der Waals surface area contributed by atoms with Gasteiger partial charge in [0, 0.05) is 51.0 Å². The van der Waals surface area contributed by atoms with Gasteiger partial charge in [0.25, 0.3) is 5.56 Å². The second-order valence-corrected chi connectivity index (χ2v) is 7.56. The van der Waals surface area contributed by atoms with Crippen LogP contribution >= 0.6 is 0 Å². The van der Waals surface area contributed by atoms with E-state index in [1.807, 2.05) is 22.2 Å². The van der Waals surface area contributed by atoms with Gasteiger partial charge in [0.2, 0.25) is 0 Å². The number of ether oxygens (including phenoxy) is 1. The molecule has 0 fully saturated rings.